The standard InChI is InChI=1S/C13H20N2O/c1-10(11-6-8-14-9-7-11)15-12-4-2-3-5-13(12)16/h6-10,12-13,15-16H,2-5H2,1H3/t10-,12?,13?/m0/s1. The fraction of sp³-hybridized carbons (Fsp3) is 0.615. The summed E-state index contributed by atoms with van der Waals surface area (Å²) < 4.78 is 0. The Morgan fingerprint density at radius 3 is 2.69 bits per heavy atom. The second-order valence-electron chi connectivity index (χ2n) is 4.63. The molecule has 1 aliphatic rings. The van der Waals surface area contributed by atoms with E-state index in [4.69, 9.17) is 0 Å². The molecule has 3 heteroatoms. The highest BCUT2D eigenvalue weighted by atomic mass is 16.3. The van der Waals surface area contributed by atoms with Crippen LogP contribution in [0.1, 0.15) is 44.2 Å². The minimum absolute atomic E-state index is 0.182. The van der Waals surface area contributed by atoms with Gasteiger partial charge < -0.3 is 10.4 Å². The van der Waals surface area contributed by atoms with Gasteiger partial charge in [0, 0.05) is 24.5 Å². The van der Waals surface area contributed by atoms with Crippen molar-refractivity contribution in [2.45, 2.75) is 50.8 Å². The van der Waals surface area contributed by atoms with Crippen molar-refractivity contribution >= 4 is 0 Å². The fourth-order valence-corrected chi connectivity index (χ4v) is 2.38. The lowest BCUT2D eigenvalue weighted by atomic mass is 9.91. The maximum Gasteiger partial charge on any atom is 0.0693 e. The Hall–Kier alpha value is -0.930. The van der Waals surface area contributed by atoms with Crippen LogP contribution in [0.15, 0.2) is 24.5 Å². The van der Waals surface area contributed by atoms with Crippen molar-refractivity contribution in [1.29, 1.82) is 0 Å². The third kappa shape index (κ3) is 2.80. The molecule has 0 aliphatic heterocycles. The summed E-state index contributed by atoms with van der Waals surface area (Å²) in [5, 5.41) is 13.4. The van der Waals surface area contributed by atoms with E-state index in [1.54, 1.807) is 0 Å². The second kappa shape index (κ2) is 5.41. The van der Waals surface area contributed by atoms with Crippen LogP contribution in [0.4, 0.5) is 0 Å². The minimum atomic E-state index is -0.182. The first-order valence-corrected chi connectivity index (χ1v) is 6.11. The normalized spacial score (nSPS) is 27.6. The highest BCUT2D eigenvalue weighted by Crippen LogP contribution is 2.21. The maximum absolute atomic E-state index is 9.89. The van der Waals surface area contributed by atoms with E-state index in [1.807, 2.05) is 24.5 Å². The molecular weight excluding hydrogens is 200 g/mol. The Kier molecular flexibility index (Phi) is 3.91. The third-order valence-electron chi connectivity index (χ3n) is 3.40. The predicted octanol–water partition coefficient (Wildman–Crippen LogP) is 2.04. The van der Waals surface area contributed by atoms with Gasteiger partial charge in [0.2, 0.25) is 0 Å². The molecule has 1 heterocycles. The SMILES string of the molecule is C[C@H](NC1CCCCC1O)c1ccncc1. The van der Waals surface area contributed by atoms with E-state index < -0.39 is 0 Å². The van der Waals surface area contributed by atoms with Gasteiger partial charge in [-0.3, -0.25) is 4.98 Å². The monoisotopic (exact) mass is 220 g/mol. The second-order valence-corrected chi connectivity index (χ2v) is 4.63. The molecule has 0 saturated heterocycles. The van der Waals surface area contributed by atoms with E-state index in [9.17, 15) is 5.11 Å². The predicted molar refractivity (Wildman–Crippen MR) is 64.1 cm³/mol. The molecule has 0 amide bonds. The molecule has 1 aromatic rings. The largest absolute Gasteiger partial charge is 0.392 e. The molecule has 16 heavy (non-hydrogen) atoms. The average Bonchev–Trinajstić information content (AvgIpc) is 2.33. The van der Waals surface area contributed by atoms with Crippen molar-refractivity contribution in [1.82, 2.24) is 10.3 Å². The third-order valence-corrected chi connectivity index (χ3v) is 3.40. The van der Waals surface area contributed by atoms with Crippen molar-refractivity contribution in [3.63, 3.8) is 0 Å². The van der Waals surface area contributed by atoms with Crippen LogP contribution in [0.25, 0.3) is 0 Å². The molecule has 3 nitrogen and oxygen atoms in total. The number of nitrogens with one attached hydrogen (secondary N) is 1. The van der Waals surface area contributed by atoms with Gasteiger partial charge in [0.25, 0.3) is 0 Å². The number of aliphatic hydroxyl groups is 1. The maximum atomic E-state index is 9.89. The zero-order valence-corrected chi connectivity index (χ0v) is 9.76. The number of hydrogen-bond acceptors (Lipinski definition) is 3. The molecule has 3 atom stereocenters. The molecule has 0 spiro atoms. The Balaban J connectivity index is 1.94. The van der Waals surface area contributed by atoms with Crippen LogP contribution < -0.4 is 5.32 Å². The highest BCUT2D eigenvalue weighted by molar-refractivity contribution is 5.14. The van der Waals surface area contributed by atoms with Crippen molar-refractivity contribution in [3.05, 3.63) is 30.1 Å². The van der Waals surface area contributed by atoms with Crippen LogP contribution in [0.5, 0.6) is 0 Å². The summed E-state index contributed by atoms with van der Waals surface area (Å²) in [5.41, 5.74) is 1.23. The summed E-state index contributed by atoms with van der Waals surface area (Å²) in [6.07, 6.45) is 7.83. The van der Waals surface area contributed by atoms with E-state index in [1.165, 1.54) is 12.0 Å². The summed E-state index contributed by atoms with van der Waals surface area (Å²) in [4.78, 5) is 4.01. The Bertz CT molecular complexity index is 315. The molecule has 1 aromatic heterocycles. The Labute approximate surface area is 96.9 Å². The van der Waals surface area contributed by atoms with Crippen LogP contribution in [0.3, 0.4) is 0 Å². The van der Waals surface area contributed by atoms with E-state index in [-0.39, 0.29) is 18.2 Å². The average molecular weight is 220 g/mol. The number of hydrogen-bond donors (Lipinski definition) is 2. The van der Waals surface area contributed by atoms with Crippen LogP contribution in [-0.4, -0.2) is 22.2 Å². The molecule has 1 aliphatic carbocycles. The van der Waals surface area contributed by atoms with Crippen molar-refractivity contribution in [2.75, 3.05) is 0 Å². The quantitative estimate of drug-likeness (QED) is 0.819. The van der Waals surface area contributed by atoms with E-state index in [2.05, 4.69) is 17.2 Å². The zero-order valence-electron chi connectivity index (χ0n) is 9.76. The van der Waals surface area contributed by atoms with Crippen LogP contribution in [0, 0.1) is 0 Å². The molecule has 0 aromatic carbocycles. The van der Waals surface area contributed by atoms with Gasteiger partial charge in [-0.1, -0.05) is 12.8 Å². The number of pyridine rings is 1. The topological polar surface area (TPSA) is 45.1 Å². The van der Waals surface area contributed by atoms with Gasteiger partial charge in [0.05, 0.1) is 6.10 Å². The first-order chi connectivity index (χ1) is 7.77. The lowest BCUT2D eigenvalue weighted by Gasteiger charge is -2.31. The van der Waals surface area contributed by atoms with Gasteiger partial charge in [-0.2, -0.15) is 0 Å². The molecule has 0 bridgehead atoms. The number of aliphatic hydroxyl groups excluding tert-OH is 1. The van der Waals surface area contributed by atoms with Crippen LogP contribution in [0.2, 0.25) is 0 Å². The van der Waals surface area contributed by atoms with E-state index in [0.29, 0.717) is 0 Å². The van der Waals surface area contributed by atoms with Gasteiger partial charge in [-0.25, -0.2) is 0 Å². The Morgan fingerprint density at radius 2 is 2.00 bits per heavy atom. The molecule has 2 rings (SSSR count). The van der Waals surface area contributed by atoms with Gasteiger partial charge >= 0.3 is 0 Å². The van der Waals surface area contributed by atoms with Gasteiger partial charge in [0.15, 0.2) is 0 Å². The van der Waals surface area contributed by atoms with E-state index >= 15 is 0 Å². The number of aromatic nitrogens is 1. The van der Waals surface area contributed by atoms with Crippen molar-refractivity contribution in [2.24, 2.45) is 0 Å². The zero-order chi connectivity index (χ0) is 11.4. The molecule has 1 fully saturated rings. The first-order valence-electron chi connectivity index (χ1n) is 6.11. The highest BCUT2D eigenvalue weighted by Gasteiger charge is 2.24. The molecule has 2 unspecified atom stereocenters. The van der Waals surface area contributed by atoms with Crippen molar-refractivity contribution in [3.8, 4) is 0 Å². The molecular formula is C13H20N2O. The summed E-state index contributed by atoms with van der Waals surface area (Å²) in [7, 11) is 0. The molecule has 0 radical (unpaired) electrons. The summed E-state index contributed by atoms with van der Waals surface area (Å²) in [6.45, 7) is 2.14. The van der Waals surface area contributed by atoms with Gasteiger partial charge in [0.1, 0.15) is 0 Å². The molecule has 2 N–H and O–H groups in total. The van der Waals surface area contributed by atoms with Gasteiger partial charge in [-0.05, 0) is 37.5 Å². The van der Waals surface area contributed by atoms with Crippen LogP contribution in [-0.2, 0) is 0 Å². The fourth-order valence-electron chi connectivity index (χ4n) is 2.38. The summed E-state index contributed by atoms with van der Waals surface area (Å²) in [5.74, 6) is 0. The minimum Gasteiger partial charge on any atom is -0.392 e. The number of nitrogens with zero attached hydrogens (tertiary/aromatic N) is 1. The molecule has 88 valence electrons. The van der Waals surface area contributed by atoms with Gasteiger partial charge in [-0.15, -0.1) is 0 Å². The molecule has 1 saturated carbocycles. The Morgan fingerprint density at radius 1 is 1.31 bits per heavy atom. The van der Waals surface area contributed by atoms with E-state index in [0.717, 1.165) is 19.3 Å². The first kappa shape index (κ1) is 11.6. The van der Waals surface area contributed by atoms with Crippen LogP contribution >= 0.6 is 0 Å². The smallest absolute Gasteiger partial charge is 0.0693 e. The van der Waals surface area contributed by atoms with Crippen molar-refractivity contribution < 1.29 is 5.11 Å². The lowest BCUT2D eigenvalue weighted by molar-refractivity contribution is 0.0860. The lowest BCUT2D eigenvalue weighted by Crippen LogP contribution is -2.43. The summed E-state index contributed by atoms with van der Waals surface area (Å²) >= 11 is 0. The number of rotatable bonds is 3. The summed E-state index contributed by atoms with van der Waals surface area (Å²) in [6, 6.07) is 4.57.